The first kappa shape index (κ1) is 37.5. The van der Waals surface area contributed by atoms with Crippen molar-refractivity contribution in [2.75, 3.05) is 17.7 Å². The average molecular weight is 767 g/mol. The number of pyridine rings is 1. The summed E-state index contributed by atoms with van der Waals surface area (Å²) >= 11 is 6.69. The van der Waals surface area contributed by atoms with Crippen molar-refractivity contribution in [2.45, 2.75) is 32.0 Å². The molecule has 0 bridgehead atoms. The number of hydrogen-bond acceptors (Lipinski definition) is 8. The summed E-state index contributed by atoms with van der Waals surface area (Å²) in [7, 11) is -2.65. The lowest BCUT2D eigenvalue weighted by molar-refractivity contribution is 0.123. The Balaban J connectivity index is 0.00000504. The SMILES string of the molecule is COc1ccc(CN(c2nn(CC(F)F)c3c(-n4c(C(N)Cc5cc(F)cc(F)c5)nc5ncccc5c4=O)ccc(Cl)c23)S(C)(=O)=O)cc1.Cl. The van der Waals surface area contributed by atoms with Crippen LogP contribution in [0.5, 0.6) is 5.75 Å². The van der Waals surface area contributed by atoms with Crippen molar-refractivity contribution in [1.29, 1.82) is 0 Å². The highest BCUT2D eigenvalue weighted by Gasteiger charge is 2.30. The first-order valence-electron chi connectivity index (χ1n) is 14.9. The van der Waals surface area contributed by atoms with Gasteiger partial charge in [-0.3, -0.25) is 14.0 Å². The molecule has 6 aromatic rings. The number of ether oxygens (including phenoxy) is 1. The third-order valence-corrected chi connectivity index (χ3v) is 9.27. The largest absolute Gasteiger partial charge is 0.497 e. The zero-order chi connectivity index (χ0) is 35.9. The summed E-state index contributed by atoms with van der Waals surface area (Å²) < 4.78 is 91.1. The summed E-state index contributed by atoms with van der Waals surface area (Å²) in [6.45, 7) is -1.26. The second-order valence-electron chi connectivity index (χ2n) is 11.4. The predicted octanol–water partition coefficient (Wildman–Crippen LogP) is 5.97. The van der Waals surface area contributed by atoms with Gasteiger partial charge in [0.05, 0.1) is 53.0 Å². The van der Waals surface area contributed by atoms with Crippen molar-refractivity contribution in [3.8, 4) is 11.4 Å². The van der Waals surface area contributed by atoms with Crippen molar-refractivity contribution < 1.29 is 30.7 Å². The molecule has 0 aliphatic carbocycles. The minimum absolute atomic E-state index is 0. The standard InChI is InChI=1S/C33H28ClF4N7O4S.ClH/c1-49-22-7-5-18(6-8-22)16-44(50(2,47)48)32-28-24(34)9-10-26(29(28)43(42-32)17-27(37)38)45-31(41-30-23(33(45)46)4-3-11-40-30)25(39)14-19-12-20(35)15-21(36)13-19;/h3-13,15,25,27H,14,16-17,39H2,1-2H3;1H. The van der Waals surface area contributed by atoms with Gasteiger partial charge in [-0.2, -0.15) is 5.10 Å². The number of alkyl halides is 2. The van der Waals surface area contributed by atoms with Crippen LogP contribution in [0.1, 0.15) is 23.0 Å². The molecule has 51 heavy (non-hydrogen) atoms. The molecule has 0 amide bonds. The number of methoxy groups -OCH3 is 1. The molecule has 3 heterocycles. The molecule has 0 saturated carbocycles. The van der Waals surface area contributed by atoms with Gasteiger partial charge >= 0.3 is 0 Å². The summed E-state index contributed by atoms with van der Waals surface area (Å²) in [4.78, 5) is 23.0. The summed E-state index contributed by atoms with van der Waals surface area (Å²) in [5, 5.41) is 4.28. The molecule has 0 saturated heterocycles. The van der Waals surface area contributed by atoms with E-state index in [0.29, 0.717) is 17.4 Å². The topological polar surface area (TPSA) is 138 Å². The molecule has 3 aromatic heterocycles. The number of fused-ring (bicyclic) bond motifs is 2. The van der Waals surface area contributed by atoms with E-state index >= 15 is 0 Å². The maximum absolute atomic E-state index is 14.3. The molecule has 18 heteroatoms. The fourth-order valence-electron chi connectivity index (χ4n) is 5.70. The van der Waals surface area contributed by atoms with Gasteiger partial charge in [0.15, 0.2) is 11.5 Å². The second kappa shape index (κ2) is 14.8. The van der Waals surface area contributed by atoms with Gasteiger partial charge < -0.3 is 10.5 Å². The number of nitrogens with two attached hydrogens (primary N) is 1. The molecular formula is C33H29Cl2F4N7O4S. The van der Waals surface area contributed by atoms with E-state index in [0.717, 1.165) is 31.9 Å². The van der Waals surface area contributed by atoms with E-state index in [2.05, 4.69) is 15.1 Å². The lowest BCUT2D eigenvalue weighted by Crippen LogP contribution is -2.30. The predicted molar refractivity (Wildman–Crippen MR) is 188 cm³/mol. The number of aromatic nitrogens is 5. The zero-order valence-corrected chi connectivity index (χ0v) is 29.2. The van der Waals surface area contributed by atoms with E-state index in [-0.39, 0.29) is 75.2 Å². The second-order valence-corrected chi connectivity index (χ2v) is 13.7. The van der Waals surface area contributed by atoms with Crippen molar-refractivity contribution >= 4 is 61.8 Å². The third kappa shape index (κ3) is 7.63. The molecule has 0 spiro atoms. The van der Waals surface area contributed by atoms with Gasteiger partial charge in [-0.05, 0) is 66.1 Å². The van der Waals surface area contributed by atoms with Crippen molar-refractivity contribution in [3.63, 3.8) is 0 Å². The van der Waals surface area contributed by atoms with Crippen LogP contribution in [0.15, 0.2) is 77.7 Å². The van der Waals surface area contributed by atoms with Crippen LogP contribution in [0.25, 0.3) is 27.6 Å². The third-order valence-electron chi connectivity index (χ3n) is 7.86. The van der Waals surface area contributed by atoms with Crippen LogP contribution in [0.4, 0.5) is 23.4 Å². The lowest BCUT2D eigenvalue weighted by atomic mass is 10.0. The van der Waals surface area contributed by atoms with Gasteiger partial charge in [0.2, 0.25) is 10.0 Å². The number of anilines is 1. The molecule has 268 valence electrons. The first-order valence-corrected chi connectivity index (χ1v) is 17.1. The van der Waals surface area contributed by atoms with Crippen LogP contribution in [0, 0.1) is 11.6 Å². The maximum Gasteiger partial charge on any atom is 0.267 e. The monoisotopic (exact) mass is 765 g/mol. The van der Waals surface area contributed by atoms with Crippen molar-refractivity contribution in [2.24, 2.45) is 5.73 Å². The summed E-state index contributed by atoms with van der Waals surface area (Å²) in [5.74, 6) is -1.55. The Morgan fingerprint density at radius 1 is 1.02 bits per heavy atom. The fraction of sp³-hybridized carbons (Fsp3) is 0.212. The van der Waals surface area contributed by atoms with Gasteiger partial charge in [-0.15, -0.1) is 12.4 Å². The summed E-state index contributed by atoms with van der Waals surface area (Å²) in [5.41, 5.74) is 6.39. The van der Waals surface area contributed by atoms with Crippen LogP contribution in [0.2, 0.25) is 5.02 Å². The number of sulfonamides is 1. The lowest BCUT2D eigenvalue weighted by Gasteiger charge is -2.21. The smallest absolute Gasteiger partial charge is 0.267 e. The Morgan fingerprint density at radius 2 is 1.71 bits per heavy atom. The van der Waals surface area contributed by atoms with Crippen LogP contribution in [-0.4, -0.2) is 52.5 Å². The number of nitrogens with zero attached hydrogens (tertiary/aromatic N) is 6. The van der Waals surface area contributed by atoms with Crippen LogP contribution in [-0.2, 0) is 29.5 Å². The van der Waals surface area contributed by atoms with Crippen LogP contribution < -0.4 is 20.3 Å². The van der Waals surface area contributed by atoms with Crippen LogP contribution in [0.3, 0.4) is 0 Å². The van der Waals surface area contributed by atoms with Gasteiger partial charge in [0.1, 0.15) is 29.8 Å². The van der Waals surface area contributed by atoms with Crippen molar-refractivity contribution in [1.82, 2.24) is 24.3 Å². The molecule has 2 N–H and O–H groups in total. The van der Waals surface area contributed by atoms with Crippen LogP contribution >= 0.6 is 24.0 Å². The molecule has 0 fully saturated rings. The van der Waals surface area contributed by atoms with E-state index in [9.17, 15) is 30.8 Å². The van der Waals surface area contributed by atoms with Gasteiger partial charge in [0.25, 0.3) is 12.0 Å². The summed E-state index contributed by atoms with van der Waals surface area (Å²) in [6, 6.07) is 13.9. The van der Waals surface area contributed by atoms with Crippen molar-refractivity contribution in [3.05, 3.63) is 117 Å². The molecule has 11 nitrogen and oxygen atoms in total. The highest BCUT2D eigenvalue weighted by Crippen LogP contribution is 2.38. The van der Waals surface area contributed by atoms with Gasteiger partial charge in [-0.25, -0.2) is 40.3 Å². The number of rotatable bonds is 11. The fourth-order valence-corrected chi connectivity index (χ4v) is 6.76. The highest BCUT2D eigenvalue weighted by atomic mass is 35.5. The molecule has 0 aliphatic rings. The Labute approximate surface area is 299 Å². The summed E-state index contributed by atoms with van der Waals surface area (Å²) in [6.07, 6.45) is -0.819. The minimum Gasteiger partial charge on any atom is -0.497 e. The Morgan fingerprint density at radius 3 is 2.33 bits per heavy atom. The molecule has 0 aliphatic heterocycles. The van der Waals surface area contributed by atoms with Gasteiger partial charge in [-0.1, -0.05) is 23.7 Å². The first-order chi connectivity index (χ1) is 23.7. The van der Waals surface area contributed by atoms with E-state index in [4.69, 9.17) is 22.1 Å². The normalized spacial score (nSPS) is 12.3. The van der Waals surface area contributed by atoms with E-state index < -0.39 is 46.2 Å². The Bertz CT molecular complexity index is 2390. The number of benzene rings is 3. The average Bonchev–Trinajstić information content (AvgIpc) is 3.42. The number of halogens is 6. The van der Waals surface area contributed by atoms with E-state index in [1.807, 2.05) is 0 Å². The van der Waals surface area contributed by atoms with Gasteiger partial charge in [0, 0.05) is 12.3 Å². The highest BCUT2D eigenvalue weighted by molar-refractivity contribution is 7.92. The molecule has 3 aromatic carbocycles. The molecular weight excluding hydrogens is 737 g/mol. The minimum atomic E-state index is -4.12. The maximum atomic E-state index is 14.3. The number of hydrogen-bond donors (Lipinski definition) is 1. The molecule has 1 unspecified atom stereocenters. The Kier molecular flexibility index (Phi) is 10.9. The quantitative estimate of drug-likeness (QED) is 0.160. The molecule has 0 radical (unpaired) electrons. The molecule has 1 atom stereocenters. The van der Waals surface area contributed by atoms with E-state index in [1.54, 1.807) is 24.3 Å². The molecule has 6 rings (SSSR count). The zero-order valence-electron chi connectivity index (χ0n) is 26.8. The Hall–Kier alpha value is -4.77. The van der Waals surface area contributed by atoms with E-state index in [1.165, 1.54) is 37.6 Å².